The molecule has 0 bridgehead atoms. The van der Waals surface area contributed by atoms with E-state index < -0.39 is 0 Å². The van der Waals surface area contributed by atoms with Crippen LogP contribution in [0.4, 0.5) is 0 Å². The molecule has 0 aliphatic rings. The van der Waals surface area contributed by atoms with Crippen molar-refractivity contribution in [3.05, 3.63) is 0 Å². The molecule has 0 aromatic heterocycles. The van der Waals surface area contributed by atoms with E-state index in [1.165, 1.54) is 0 Å². The second kappa shape index (κ2) is 1710. The molecule has 0 rings (SSSR count). The first-order valence-corrected chi connectivity index (χ1v) is 0. The molecule has 0 aliphatic carbocycles. The van der Waals surface area contributed by atoms with Gasteiger partial charge in [0.25, 0.3) is 0 Å². The third-order valence-corrected chi connectivity index (χ3v) is 0. The first-order chi connectivity index (χ1) is 0. The molecular weight excluding hydrogens is 221 g/mol. The number of hydrogen-bond donors (Lipinski definition) is 0. The van der Waals surface area contributed by atoms with Crippen molar-refractivity contribution in [2.24, 2.45) is 0 Å². The number of hydrogen-bond acceptors (Lipinski definition) is 0. The van der Waals surface area contributed by atoms with E-state index in [4.69, 9.17) is 0 Å². The maximum absolute atomic E-state index is 0. The molecule has 0 spiro atoms. The summed E-state index contributed by atoms with van der Waals surface area (Å²) in [6, 6.07) is 0. The molecule has 0 N–H and O–H groups in total. The molecule has 8 heavy (non-hydrogen) atoms. The molecule has 0 aromatic carbocycles. The van der Waals surface area contributed by atoms with Gasteiger partial charge in [-0.1, -0.05) is 0 Å². The van der Waals surface area contributed by atoms with Gasteiger partial charge in [0, 0.05) is 26.2 Å². The average molecular weight is 221 g/mol. The van der Waals surface area contributed by atoms with E-state index in [1.807, 2.05) is 0 Å². The Bertz CT molecular complexity index is 8.49. The van der Waals surface area contributed by atoms with E-state index in [0.29, 0.717) is 0 Å². The Morgan fingerprint density at radius 2 is 0.375 bits per heavy atom. The minimum atomic E-state index is 0. The van der Waals surface area contributed by atoms with Crippen LogP contribution < -0.4 is 28.2 Å². The van der Waals surface area contributed by atoms with Crippen LogP contribution in [-0.2, 0) is 31.7 Å². The molecule has 0 atom stereocenters. The van der Waals surface area contributed by atoms with Crippen LogP contribution in [0.1, 0.15) is 0 Å². The van der Waals surface area contributed by atoms with Crippen LogP contribution in [0.5, 0.6) is 0 Å². The van der Waals surface area contributed by atoms with Crippen LogP contribution in [0.2, 0.25) is 0 Å². The minimum absolute atomic E-state index is 0. The van der Waals surface area contributed by atoms with Gasteiger partial charge in [0.2, 0.25) is 0 Å². The van der Waals surface area contributed by atoms with Gasteiger partial charge >= 0.3 is 0 Å². The van der Waals surface area contributed by atoms with Crippen molar-refractivity contribution in [1.82, 2.24) is 0 Å². The van der Waals surface area contributed by atoms with Gasteiger partial charge in [-0.25, -0.2) is 0 Å². The van der Waals surface area contributed by atoms with E-state index in [0.717, 1.165) is 0 Å². The molecule has 0 aromatic rings. The molecule has 0 aliphatic heterocycles. The molecule has 8 heteroatoms. The van der Waals surface area contributed by atoms with Crippen LogP contribution in [0, 0.1) is 0 Å². The SMILES string of the molecule is [F-].[F-].[F-].[F-].[F-].[F-].[O-2].[Zr]. The average Bonchev–Trinajstić information content (AvgIpc) is 0. The topological polar surface area (TPSA) is 28.5 Å². The summed E-state index contributed by atoms with van der Waals surface area (Å²) >= 11 is 0. The van der Waals surface area contributed by atoms with Crippen molar-refractivity contribution in [2.75, 3.05) is 0 Å². The molecule has 0 fully saturated rings. The maximum atomic E-state index is 0. The van der Waals surface area contributed by atoms with Crippen LogP contribution in [-0.4, -0.2) is 0 Å². The smallest absolute Gasteiger partial charge is 0 e. The van der Waals surface area contributed by atoms with Crippen molar-refractivity contribution in [3.8, 4) is 0 Å². The molecule has 1 nitrogen and oxygen atoms in total. The Balaban J connectivity index is 0. The van der Waals surface area contributed by atoms with Crippen molar-refractivity contribution in [1.29, 1.82) is 0 Å². The van der Waals surface area contributed by atoms with E-state index in [1.54, 1.807) is 0 Å². The molecule has 0 saturated carbocycles. The zero-order valence-corrected chi connectivity index (χ0v) is 5.63. The second-order valence-electron chi connectivity index (χ2n) is 0. The largest absolute Gasteiger partial charge is 2.00 e. The first kappa shape index (κ1) is 2590. The predicted octanol–water partition coefficient (Wildman–Crippen LogP) is -18.1. The Morgan fingerprint density at radius 1 is 0.375 bits per heavy atom. The fourth-order valence-corrected chi connectivity index (χ4v) is 0. The standard InChI is InChI=1S/6FH.O.Zr/h6*1H;;/q;;;;;;-2;/p-6. The summed E-state index contributed by atoms with van der Waals surface area (Å²) in [6.07, 6.45) is 0. The summed E-state index contributed by atoms with van der Waals surface area (Å²) in [5.41, 5.74) is 0. The molecule has 0 heterocycles. The molecule has 0 amide bonds. The van der Waals surface area contributed by atoms with Crippen LogP contribution in [0.25, 0.3) is 0 Å². The van der Waals surface area contributed by atoms with Crippen molar-refractivity contribution < 1.29 is 59.9 Å². The van der Waals surface area contributed by atoms with Crippen molar-refractivity contribution in [3.63, 3.8) is 0 Å². The maximum Gasteiger partial charge on any atom is 0 e. The molecule has 0 saturated heterocycles. The zero-order valence-electron chi connectivity index (χ0n) is 3.18. The summed E-state index contributed by atoms with van der Waals surface area (Å²) in [5, 5.41) is 0. The van der Waals surface area contributed by atoms with Gasteiger partial charge in [0.05, 0.1) is 0 Å². The molecule has 60 valence electrons. The van der Waals surface area contributed by atoms with Gasteiger partial charge in [-0.15, -0.1) is 0 Å². The Morgan fingerprint density at radius 3 is 0.375 bits per heavy atom. The molecule has 0 radical (unpaired) electrons. The van der Waals surface area contributed by atoms with E-state index >= 15 is 0 Å². The normalized spacial score (nSPS) is 0. The van der Waals surface area contributed by atoms with Gasteiger partial charge in [0.1, 0.15) is 0 Å². The number of rotatable bonds is 0. The Hall–Kier alpha value is 0.423. The zero-order chi connectivity index (χ0) is 0. The minimum Gasteiger partial charge on any atom is -2.00 e. The van der Waals surface area contributed by atoms with Gasteiger partial charge < -0.3 is 33.7 Å². The van der Waals surface area contributed by atoms with Crippen LogP contribution in [0.3, 0.4) is 0 Å². The predicted molar refractivity (Wildman–Crippen MR) is 0.686 cm³/mol. The van der Waals surface area contributed by atoms with E-state index in [-0.39, 0.29) is 59.9 Å². The van der Waals surface area contributed by atoms with Gasteiger partial charge in [-0.2, -0.15) is 0 Å². The van der Waals surface area contributed by atoms with Crippen molar-refractivity contribution in [2.45, 2.75) is 0 Å². The van der Waals surface area contributed by atoms with Crippen molar-refractivity contribution >= 4 is 0 Å². The Labute approximate surface area is 60.5 Å². The quantitative estimate of drug-likeness (QED) is 0.364. The van der Waals surface area contributed by atoms with Gasteiger partial charge in [0.15, 0.2) is 0 Å². The van der Waals surface area contributed by atoms with E-state index in [9.17, 15) is 0 Å². The summed E-state index contributed by atoms with van der Waals surface area (Å²) in [4.78, 5) is 0. The van der Waals surface area contributed by atoms with Crippen LogP contribution >= 0.6 is 0 Å². The fourth-order valence-electron chi connectivity index (χ4n) is 0. The van der Waals surface area contributed by atoms with Gasteiger partial charge in [-0.05, 0) is 0 Å². The summed E-state index contributed by atoms with van der Waals surface area (Å²) in [7, 11) is 0. The summed E-state index contributed by atoms with van der Waals surface area (Å²) in [5.74, 6) is 0. The van der Waals surface area contributed by atoms with E-state index in [2.05, 4.69) is 0 Å². The Kier molecular flexibility index (Phi) is 554000. The molecule has 0 unspecified atom stereocenters. The fraction of sp³-hybridized carbons (Fsp3) is 0. The second-order valence-corrected chi connectivity index (χ2v) is 0. The molecular formula is F6OZr-8. The summed E-state index contributed by atoms with van der Waals surface area (Å²) < 4.78 is 0. The van der Waals surface area contributed by atoms with Gasteiger partial charge in [-0.3, -0.25) is 0 Å². The third-order valence-electron chi connectivity index (χ3n) is 0. The first-order valence-electron chi connectivity index (χ1n) is 0. The monoisotopic (exact) mass is 220 g/mol. The third kappa shape index (κ3) is 1060. The summed E-state index contributed by atoms with van der Waals surface area (Å²) in [6.45, 7) is 0. The number of halogens is 6. The van der Waals surface area contributed by atoms with Crippen LogP contribution in [0.15, 0.2) is 0 Å².